The van der Waals surface area contributed by atoms with Crippen LogP contribution in [-0.2, 0) is 4.74 Å². The molecule has 0 atom stereocenters. The van der Waals surface area contributed by atoms with Crippen molar-refractivity contribution in [1.29, 1.82) is 0 Å². The second kappa shape index (κ2) is 8.44. The van der Waals surface area contributed by atoms with E-state index in [1.165, 1.54) is 19.3 Å². The molecule has 0 N–H and O–H groups in total. The molecule has 0 rings (SSSR count). The van der Waals surface area contributed by atoms with Gasteiger partial charge in [-0.1, -0.05) is 22.4 Å². The molecule has 0 aliphatic carbocycles. The molecule has 0 aliphatic rings. The van der Waals surface area contributed by atoms with Crippen molar-refractivity contribution in [2.24, 2.45) is 0 Å². The number of hydrogen-bond acceptors (Lipinski definition) is 1. The van der Waals surface area contributed by atoms with Crippen molar-refractivity contribution in [1.82, 2.24) is 0 Å². The van der Waals surface area contributed by atoms with Crippen molar-refractivity contribution in [2.75, 3.05) is 11.9 Å². The Morgan fingerprint density at radius 2 is 2.11 bits per heavy atom. The van der Waals surface area contributed by atoms with Crippen LogP contribution >= 0.6 is 15.9 Å². The summed E-state index contributed by atoms with van der Waals surface area (Å²) in [6.07, 6.45) is 3.70. The quantitative estimate of drug-likeness (QED) is 0.466. The molecule has 0 fully saturated rings. The van der Waals surface area contributed by atoms with Gasteiger partial charge in [0.1, 0.15) is 0 Å². The molecule has 0 aliphatic heterocycles. The molecule has 55 valence electrons. The third kappa shape index (κ3) is 8.44. The lowest BCUT2D eigenvalue weighted by atomic mass is 10.3. The smallest absolute Gasteiger partial charge is 0.0805 e. The van der Waals surface area contributed by atoms with Crippen molar-refractivity contribution in [2.45, 2.75) is 26.2 Å². The van der Waals surface area contributed by atoms with Crippen LogP contribution in [0, 0.1) is 6.61 Å². The van der Waals surface area contributed by atoms with Crippen LogP contribution in [0.15, 0.2) is 0 Å². The molecule has 0 heterocycles. The summed E-state index contributed by atoms with van der Waals surface area (Å²) in [5.41, 5.74) is 0. The second-order valence-corrected chi connectivity index (χ2v) is 2.65. The van der Waals surface area contributed by atoms with Crippen LogP contribution in [-0.4, -0.2) is 11.9 Å². The summed E-state index contributed by atoms with van der Waals surface area (Å²) in [4.78, 5) is 0. The number of alkyl halides is 1. The molecule has 9 heavy (non-hydrogen) atoms. The van der Waals surface area contributed by atoms with Gasteiger partial charge in [-0.25, -0.2) is 0 Å². The average molecular weight is 194 g/mol. The molecule has 0 aromatic heterocycles. The Hall–Kier alpha value is 0.440. The van der Waals surface area contributed by atoms with Crippen LogP contribution < -0.4 is 0 Å². The Balaban J connectivity index is 2.60. The number of hydrogen-bond donors (Lipinski definition) is 0. The van der Waals surface area contributed by atoms with E-state index < -0.39 is 0 Å². The first kappa shape index (κ1) is 9.44. The number of halogens is 1. The van der Waals surface area contributed by atoms with Crippen LogP contribution in [0.5, 0.6) is 0 Å². The van der Waals surface area contributed by atoms with Crippen LogP contribution in [0.25, 0.3) is 0 Å². The maximum Gasteiger partial charge on any atom is 0.0805 e. The maximum absolute atomic E-state index is 5.04. The molecule has 1 radical (unpaired) electrons. The summed E-state index contributed by atoms with van der Waals surface area (Å²) in [7, 11) is 0. The number of ether oxygens (including phenoxy) is 1. The van der Waals surface area contributed by atoms with Gasteiger partial charge in [-0.15, -0.1) is 0 Å². The van der Waals surface area contributed by atoms with Crippen molar-refractivity contribution in [3.63, 3.8) is 0 Å². The van der Waals surface area contributed by atoms with Gasteiger partial charge < -0.3 is 4.74 Å². The van der Waals surface area contributed by atoms with E-state index in [9.17, 15) is 0 Å². The predicted octanol–water partition coefficient (Wildman–Crippen LogP) is 2.75. The molecule has 0 aromatic rings. The van der Waals surface area contributed by atoms with Crippen molar-refractivity contribution < 1.29 is 4.74 Å². The van der Waals surface area contributed by atoms with Gasteiger partial charge in [-0.05, 0) is 19.8 Å². The van der Waals surface area contributed by atoms with E-state index in [1.807, 2.05) is 6.92 Å². The first-order valence-electron chi connectivity index (χ1n) is 3.37. The maximum atomic E-state index is 5.04. The molecule has 2 heteroatoms. The van der Waals surface area contributed by atoms with E-state index in [0.717, 1.165) is 11.9 Å². The van der Waals surface area contributed by atoms with Gasteiger partial charge in [0.05, 0.1) is 6.61 Å². The molecule has 0 bridgehead atoms. The summed E-state index contributed by atoms with van der Waals surface area (Å²) in [6, 6.07) is 0. The Morgan fingerprint density at radius 3 is 2.67 bits per heavy atom. The Kier molecular flexibility index (Phi) is 8.85. The summed E-state index contributed by atoms with van der Waals surface area (Å²) in [5.74, 6) is 0. The lowest BCUT2D eigenvalue weighted by Gasteiger charge is -1.97. The van der Waals surface area contributed by atoms with E-state index in [1.54, 1.807) is 6.61 Å². The van der Waals surface area contributed by atoms with Gasteiger partial charge in [0, 0.05) is 11.9 Å². The zero-order valence-electron chi connectivity index (χ0n) is 5.90. The standard InChI is InChI=1S/C7H14BrO/c1-2-9-7-5-3-4-6-8/h2H,3-7H2,1H3. The average Bonchev–Trinajstić information content (AvgIpc) is 1.89. The Bertz CT molecular complexity index is 42.2. The highest BCUT2D eigenvalue weighted by Crippen LogP contribution is 1.98. The van der Waals surface area contributed by atoms with Crippen molar-refractivity contribution in [3.05, 3.63) is 6.61 Å². The van der Waals surface area contributed by atoms with Gasteiger partial charge in [0.25, 0.3) is 0 Å². The van der Waals surface area contributed by atoms with E-state index >= 15 is 0 Å². The minimum absolute atomic E-state index is 0.878. The van der Waals surface area contributed by atoms with Gasteiger partial charge in [-0.3, -0.25) is 0 Å². The zero-order valence-corrected chi connectivity index (χ0v) is 7.49. The monoisotopic (exact) mass is 193 g/mol. The fourth-order valence-electron chi connectivity index (χ4n) is 0.575. The van der Waals surface area contributed by atoms with E-state index in [-0.39, 0.29) is 0 Å². The largest absolute Gasteiger partial charge is 0.376 e. The van der Waals surface area contributed by atoms with Crippen LogP contribution in [0.3, 0.4) is 0 Å². The van der Waals surface area contributed by atoms with Crippen molar-refractivity contribution in [3.8, 4) is 0 Å². The summed E-state index contributed by atoms with van der Waals surface area (Å²) < 4.78 is 5.04. The lowest BCUT2D eigenvalue weighted by Crippen LogP contribution is -1.89. The molecule has 0 unspecified atom stereocenters. The van der Waals surface area contributed by atoms with Gasteiger partial charge in [0.2, 0.25) is 0 Å². The van der Waals surface area contributed by atoms with E-state index in [4.69, 9.17) is 4.74 Å². The highest BCUT2D eigenvalue weighted by Gasteiger charge is 1.86. The third-order valence-electron chi connectivity index (χ3n) is 1.06. The predicted molar refractivity (Wildman–Crippen MR) is 43.6 cm³/mol. The molecule has 0 aromatic carbocycles. The summed E-state index contributed by atoms with van der Waals surface area (Å²) in [5, 5.41) is 1.11. The van der Waals surface area contributed by atoms with Crippen molar-refractivity contribution >= 4 is 15.9 Å². The molecular weight excluding hydrogens is 180 g/mol. The lowest BCUT2D eigenvalue weighted by molar-refractivity contribution is 0.198. The second-order valence-electron chi connectivity index (χ2n) is 1.86. The normalized spacial score (nSPS) is 10.0. The van der Waals surface area contributed by atoms with Crippen LogP contribution in [0.2, 0.25) is 0 Å². The Labute approximate surface area is 65.9 Å². The van der Waals surface area contributed by atoms with Gasteiger partial charge in [-0.2, -0.15) is 0 Å². The highest BCUT2D eigenvalue weighted by molar-refractivity contribution is 9.09. The number of rotatable bonds is 6. The topological polar surface area (TPSA) is 9.23 Å². The SMILES string of the molecule is C[CH]OCCCCCBr. The third-order valence-corrected chi connectivity index (χ3v) is 1.62. The molecule has 0 amide bonds. The van der Waals surface area contributed by atoms with Gasteiger partial charge >= 0.3 is 0 Å². The first-order valence-corrected chi connectivity index (χ1v) is 4.49. The van der Waals surface area contributed by atoms with Gasteiger partial charge in [0.15, 0.2) is 0 Å². The fraction of sp³-hybridized carbons (Fsp3) is 0.857. The van der Waals surface area contributed by atoms with E-state index in [0.29, 0.717) is 0 Å². The molecular formula is C7H14BrO. The summed E-state index contributed by atoms with van der Waals surface area (Å²) in [6.45, 7) is 4.53. The van der Waals surface area contributed by atoms with Crippen LogP contribution in [0.1, 0.15) is 26.2 Å². The van der Waals surface area contributed by atoms with Crippen LogP contribution in [0.4, 0.5) is 0 Å². The molecule has 0 saturated heterocycles. The van der Waals surface area contributed by atoms with E-state index in [2.05, 4.69) is 15.9 Å². The minimum atomic E-state index is 0.878. The first-order chi connectivity index (χ1) is 4.41. The summed E-state index contributed by atoms with van der Waals surface area (Å²) >= 11 is 3.37. The zero-order chi connectivity index (χ0) is 6.95. The molecule has 0 spiro atoms. The highest BCUT2D eigenvalue weighted by atomic mass is 79.9. The number of unbranched alkanes of at least 4 members (excludes halogenated alkanes) is 2. The fourth-order valence-corrected chi connectivity index (χ4v) is 0.971. The molecule has 0 saturated carbocycles. The Morgan fingerprint density at radius 1 is 1.33 bits per heavy atom. The molecule has 1 nitrogen and oxygen atoms in total. The minimum Gasteiger partial charge on any atom is -0.376 e.